The van der Waals surface area contributed by atoms with Crippen molar-refractivity contribution in [1.29, 1.82) is 0 Å². The maximum atomic E-state index is 13.7. The lowest BCUT2D eigenvalue weighted by atomic mass is 10.1. The number of hydrogen-bond donors (Lipinski definition) is 1. The van der Waals surface area contributed by atoms with Gasteiger partial charge in [-0.25, -0.2) is 9.48 Å². The van der Waals surface area contributed by atoms with E-state index in [1.54, 1.807) is 28.9 Å². The van der Waals surface area contributed by atoms with Crippen molar-refractivity contribution in [3.63, 3.8) is 0 Å². The van der Waals surface area contributed by atoms with Crippen molar-refractivity contribution in [2.24, 2.45) is 0 Å². The largest absolute Gasteiger partial charge is 0.508 e. The van der Waals surface area contributed by atoms with Gasteiger partial charge in [0.1, 0.15) is 23.4 Å². The molecular weight excluding hydrogens is 474 g/mol. The SMILES string of the molecule is CC(C)(C)OC(=O)N(c1nc(-c2ccc(O)cc2)n(C2CCCCO2)n1)c1cccn1C1CCCCO1. The van der Waals surface area contributed by atoms with Crippen LogP contribution in [-0.4, -0.2) is 49.3 Å². The summed E-state index contributed by atoms with van der Waals surface area (Å²) < 4.78 is 21.6. The molecule has 3 aromatic rings. The number of aromatic nitrogens is 4. The molecule has 1 amide bonds. The number of amides is 1. The monoisotopic (exact) mass is 509 g/mol. The van der Waals surface area contributed by atoms with E-state index in [1.807, 2.05) is 43.7 Å². The quantitative estimate of drug-likeness (QED) is 0.455. The number of rotatable bonds is 5. The number of aromatic hydroxyl groups is 1. The third-order valence-electron chi connectivity index (χ3n) is 6.40. The van der Waals surface area contributed by atoms with Gasteiger partial charge in [-0.15, -0.1) is 5.10 Å². The Bertz CT molecular complexity index is 1200. The van der Waals surface area contributed by atoms with Crippen molar-refractivity contribution in [3.05, 3.63) is 42.6 Å². The number of phenols is 1. The van der Waals surface area contributed by atoms with E-state index in [4.69, 9.17) is 24.3 Å². The van der Waals surface area contributed by atoms with Crippen LogP contribution in [0.5, 0.6) is 5.75 Å². The molecule has 10 heteroatoms. The molecule has 4 heterocycles. The highest BCUT2D eigenvalue weighted by molar-refractivity contribution is 5.93. The van der Waals surface area contributed by atoms with E-state index in [1.165, 1.54) is 4.90 Å². The summed E-state index contributed by atoms with van der Waals surface area (Å²) in [5.41, 5.74) is 0.0315. The first-order chi connectivity index (χ1) is 17.8. The second-order valence-corrected chi connectivity index (χ2v) is 10.5. The van der Waals surface area contributed by atoms with Crippen molar-refractivity contribution >= 4 is 17.9 Å². The van der Waals surface area contributed by atoms with E-state index >= 15 is 0 Å². The van der Waals surface area contributed by atoms with E-state index in [2.05, 4.69) is 0 Å². The average molecular weight is 510 g/mol. The summed E-state index contributed by atoms with van der Waals surface area (Å²) in [6, 6.07) is 10.5. The number of ether oxygens (including phenoxy) is 3. The first-order valence-electron chi connectivity index (χ1n) is 13.0. The maximum absolute atomic E-state index is 13.7. The number of carbonyl (C=O) groups excluding carboxylic acids is 1. The Hall–Kier alpha value is -3.37. The first-order valence-corrected chi connectivity index (χ1v) is 13.0. The Balaban J connectivity index is 1.61. The molecule has 37 heavy (non-hydrogen) atoms. The normalized spacial score (nSPS) is 20.5. The lowest BCUT2D eigenvalue weighted by Crippen LogP contribution is -2.36. The van der Waals surface area contributed by atoms with E-state index < -0.39 is 11.7 Å². The molecule has 2 aromatic heterocycles. The minimum absolute atomic E-state index is 0.157. The van der Waals surface area contributed by atoms with Gasteiger partial charge in [-0.3, -0.25) is 0 Å². The molecule has 10 nitrogen and oxygen atoms in total. The van der Waals surface area contributed by atoms with Gasteiger partial charge in [-0.2, -0.15) is 9.88 Å². The highest BCUT2D eigenvalue weighted by atomic mass is 16.6. The summed E-state index contributed by atoms with van der Waals surface area (Å²) in [6.45, 7) is 6.79. The van der Waals surface area contributed by atoms with Gasteiger partial charge < -0.3 is 23.9 Å². The molecule has 0 radical (unpaired) electrons. The van der Waals surface area contributed by atoms with E-state index in [-0.39, 0.29) is 24.2 Å². The van der Waals surface area contributed by atoms with Crippen LogP contribution in [0.1, 0.15) is 71.8 Å². The molecule has 198 valence electrons. The van der Waals surface area contributed by atoms with E-state index in [9.17, 15) is 9.90 Å². The van der Waals surface area contributed by atoms with E-state index in [0.29, 0.717) is 24.9 Å². The van der Waals surface area contributed by atoms with Gasteiger partial charge in [0.05, 0.1) is 0 Å². The molecule has 2 aliphatic heterocycles. The van der Waals surface area contributed by atoms with Crippen LogP contribution in [0.2, 0.25) is 0 Å². The summed E-state index contributed by atoms with van der Waals surface area (Å²) >= 11 is 0. The smallest absolute Gasteiger partial charge is 0.423 e. The van der Waals surface area contributed by atoms with Crippen molar-refractivity contribution in [1.82, 2.24) is 19.3 Å². The van der Waals surface area contributed by atoms with Crippen LogP contribution in [0.15, 0.2) is 42.6 Å². The summed E-state index contributed by atoms with van der Waals surface area (Å²) in [6.07, 6.45) is 6.52. The molecule has 2 unspecified atom stereocenters. The standard InChI is InChI=1S/C27H35N5O5/c1-27(2,3)37-26(34)31(21-9-8-16-30(21)22-10-4-6-17-35-22)25-28-24(19-12-14-20(33)15-13-19)32(29-25)23-11-5-7-18-36-23/h8-9,12-16,22-23,33H,4-7,10-11,17-18H2,1-3H3. The third kappa shape index (κ3) is 5.65. The van der Waals surface area contributed by atoms with Crippen LogP contribution in [0.3, 0.4) is 0 Å². The number of carbonyl (C=O) groups is 1. The summed E-state index contributed by atoms with van der Waals surface area (Å²) in [7, 11) is 0. The van der Waals surface area contributed by atoms with Gasteiger partial charge in [-0.05, 0) is 95.7 Å². The van der Waals surface area contributed by atoms with Crippen molar-refractivity contribution in [2.45, 2.75) is 77.4 Å². The molecule has 0 aliphatic carbocycles. The zero-order valence-electron chi connectivity index (χ0n) is 21.7. The Morgan fingerprint density at radius 3 is 2.32 bits per heavy atom. The summed E-state index contributed by atoms with van der Waals surface area (Å²) in [5, 5.41) is 14.6. The van der Waals surface area contributed by atoms with Crippen LogP contribution >= 0.6 is 0 Å². The van der Waals surface area contributed by atoms with Crippen molar-refractivity contribution in [3.8, 4) is 17.1 Å². The molecular formula is C27H35N5O5. The van der Waals surface area contributed by atoms with Gasteiger partial charge in [-0.1, -0.05) is 0 Å². The molecule has 1 aromatic carbocycles. The lowest BCUT2D eigenvalue weighted by molar-refractivity contribution is -0.0384. The molecule has 2 aliphatic rings. The minimum Gasteiger partial charge on any atom is -0.508 e. The average Bonchev–Trinajstić information content (AvgIpc) is 3.53. The molecule has 2 atom stereocenters. The number of phenolic OH excluding ortho intramolecular Hbond substituents is 1. The number of hydrogen-bond acceptors (Lipinski definition) is 7. The number of benzene rings is 1. The topological polar surface area (TPSA) is 104 Å². The molecule has 0 saturated carbocycles. The van der Waals surface area contributed by atoms with Gasteiger partial charge in [0, 0.05) is 25.0 Å². The van der Waals surface area contributed by atoms with Gasteiger partial charge >= 0.3 is 6.09 Å². The van der Waals surface area contributed by atoms with Crippen molar-refractivity contribution in [2.75, 3.05) is 18.1 Å². The zero-order chi connectivity index (χ0) is 26.0. The predicted octanol–water partition coefficient (Wildman–Crippen LogP) is 5.92. The fraction of sp³-hybridized carbons (Fsp3) is 0.519. The second kappa shape index (κ2) is 10.5. The molecule has 0 spiro atoms. The van der Waals surface area contributed by atoms with Gasteiger partial charge in [0.2, 0.25) is 0 Å². The van der Waals surface area contributed by atoms with Gasteiger partial charge in [0.25, 0.3) is 5.95 Å². The lowest BCUT2D eigenvalue weighted by Gasteiger charge is -2.30. The fourth-order valence-corrected chi connectivity index (χ4v) is 4.68. The van der Waals surface area contributed by atoms with Crippen LogP contribution in [0.25, 0.3) is 11.4 Å². The zero-order valence-corrected chi connectivity index (χ0v) is 21.7. The molecule has 0 bridgehead atoms. The molecule has 2 saturated heterocycles. The second-order valence-electron chi connectivity index (χ2n) is 10.5. The predicted molar refractivity (Wildman–Crippen MR) is 138 cm³/mol. The highest BCUT2D eigenvalue weighted by Gasteiger charge is 2.34. The van der Waals surface area contributed by atoms with Gasteiger partial charge in [0.15, 0.2) is 12.1 Å². The third-order valence-corrected chi connectivity index (χ3v) is 6.40. The maximum Gasteiger partial charge on any atom is 0.423 e. The molecule has 2 fully saturated rings. The molecule has 1 N–H and O–H groups in total. The Morgan fingerprint density at radius 2 is 1.70 bits per heavy atom. The van der Waals surface area contributed by atoms with Crippen LogP contribution < -0.4 is 4.90 Å². The minimum atomic E-state index is -0.719. The fourth-order valence-electron chi connectivity index (χ4n) is 4.68. The van der Waals surface area contributed by atoms with Crippen LogP contribution in [0, 0.1) is 0 Å². The Morgan fingerprint density at radius 1 is 1.03 bits per heavy atom. The van der Waals surface area contributed by atoms with Crippen LogP contribution in [-0.2, 0) is 14.2 Å². The van der Waals surface area contributed by atoms with Crippen LogP contribution in [0.4, 0.5) is 16.6 Å². The Labute approximate surface area is 216 Å². The van der Waals surface area contributed by atoms with Crippen molar-refractivity contribution < 1.29 is 24.1 Å². The van der Waals surface area contributed by atoms with E-state index in [0.717, 1.165) is 44.1 Å². The first kappa shape index (κ1) is 25.3. The molecule has 5 rings (SSSR count). The Kier molecular flexibility index (Phi) is 7.21. The number of nitrogens with zero attached hydrogens (tertiary/aromatic N) is 5. The highest BCUT2D eigenvalue weighted by Crippen LogP contribution is 2.35. The summed E-state index contributed by atoms with van der Waals surface area (Å²) in [5.74, 6) is 1.45. The summed E-state index contributed by atoms with van der Waals surface area (Å²) in [4.78, 5) is 19.9. The number of anilines is 2.